The average molecular weight is 255 g/mol. The van der Waals surface area contributed by atoms with Crippen LogP contribution >= 0.6 is 27.7 Å². The second kappa shape index (κ2) is 2.79. The normalized spacial score (nSPS) is 15.2. The summed E-state index contributed by atoms with van der Waals surface area (Å²) in [6.45, 7) is 0. The van der Waals surface area contributed by atoms with Crippen LogP contribution in [-0.2, 0) is 6.42 Å². The molecule has 2 heterocycles. The van der Waals surface area contributed by atoms with Crippen molar-refractivity contribution in [1.29, 1.82) is 0 Å². The van der Waals surface area contributed by atoms with Crippen LogP contribution in [0.25, 0.3) is 11.0 Å². The van der Waals surface area contributed by atoms with Gasteiger partial charge in [-0.3, -0.25) is 0 Å². The van der Waals surface area contributed by atoms with Gasteiger partial charge < -0.3 is 4.42 Å². The van der Waals surface area contributed by atoms with Gasteiger partial charge in [0.1, 0.15) is 5.58 Å². The minimum atomic E-state index is 0.912. The fourth-order valence-corrected chi connectivity index (χ4v) is 3.40. The van der Waals surface area contributed by atoms with Crippen molar-refractivity contribution in [3.8, 4) is 0 Å². The van der Waals surface area contributed by atoms with Crippen molar-refractivity contribution >= 4 is 38.7 Å². The lowest BCUT2D eigenvalue weighted by Crippen LogP contribution is -1.94. The fraction of sp³-hybridized carbons (Fsp3) is 0.200. The third-order valence-electron chi connectivity index (χ3n) is 2.34. The summed E-state index contributed by atoms with van der Waals surface area (Å²) in [5, 5.41) is 1.31. The Morgan fingerprint density at radius 1 is 1.38 bits per heavy atom. The van der Waals surface area contributed by atoms with Crippen LogP contribution < -0.4 is 0 Å². The number of benzene rings is 1. The van der Waals surface area contributed by atoms with Crippen LogP contribution in [0.15, 0.2) is 32.2 Å². The number of rotatable bonds is 0. The maximum absolute atomic E-state index is 5.61. The standard InChI is InChI=1S/C10H7BrOS/c11-10-6-4-5-13-8-3-1-2-7(12-10)9(6)8/h1-3H,4-5H2. The zero-order chi connectivity index (χ0) is 8.84. The summed E-state index contributed by atoms with van der Waals surface area (Å²) in [5.41, 5.74) is 2.34. The first-order chi connectivity index (χ1) is 6.36. The summed E-state index contributed by atoms with van der Waals surface area (Å²) in [4.78, 5) is 1.35. The molecule has 1 aliphatic heterocycles. The van der Waals surface area contributed by atoms with Gasteiger partial charge in [0.25, 0.3) is 0 Å². The van der Waals surface area contributed by atoms with Crippen molar-refractivity contribution in [3.63, 3.8) is 0 Å². The molecule has 0 amide bonds. The number of thioether (sulfide) groups is 1. The number of halogens is 1. The van der Waals surface area contributed by atoms with E-state index < -0.39 is 0 Å². The van der Waals surface area contributed by atoms with Crippen molar-refractivity contribution in [2.75, 3.05) is 5.75 Å². The Hall–Kier alpha value is -0.410. The molecule has 0 unspecified atom stereocenters. The maximum Gasteiger partial charge on any atom is 0.173 e. The quantitative estimate of drug-likeness (QED) is 0.709. The van der Waals surface area contributed by atoms with E-state index in [0.29, 0.717) is 0 Å². The van der Waals surface area contributed by atoms with Gasteiger partial charge in [0.15, 0.2) is 4.67 Å². The number of aryl methyl sites for hydroxylation is 1. The van der Waals surface area contributed by atoms with Gasteiger partial charge in [-0.15, -0.1) is 11.8 Å². The monoisotopic (exact) mass is 254 g/mol. The highest BCUT2D eigenvalue weighted by molar-refractivity contribution is 9.10. The second-order valence-electron chi connectivity index (χ2n) is 3.08. The topological polar surface area (TPSA) is 13.1 Å². The van der Waals surface area contributed by atoms with Crippen LogP contribution in [0.3, 0.4) is 0 Å². The molecule has 3 rings (SSSR count). The van der Waals surface area contributed by atoms with E-state index in [2.05, 4.69) is 28.1 Å². The van der Waals surface area contributed by atoms with Gasteiger partial charge in [0, 0.05) is 21.6 Å². The molecule has 1 aromatic heterocycles. The average Bonchev–Trinajstić information content (AvgIpc) is 2.47. The van der Waals surface area contributed by atoms with E-state index in [4.69, 9.17) is 4.42 Å². The SMILES string of the molecule is Brc1oc2cccc3c2c1CCS3. The predicted molar refractivity (Wildman–Crippen MR) is 58.3 cm³/mol. The van der Waals surface area contributed by atoms with Gasteiger partial charge in [0.2, 0.25) is 0 Å². The van der Waals surface area contributed by atoms with Gasteiger partial charge in [-0.05, 0) is 34.5 Å². The first-order valence-electron chi connectivity index (χ1n) is 4.19. The molecule has 2 aromatic rings. The lowest BCUT2D eigenvalue weighted by atomic mass is 10.1. The molecule has 0 atom stereocenters. The Morgan fingerprint density at radius 2 is 2.31 bits per heavy atom. The highest BCUT2D eigenvalue weighted by Gasteiger charge is 2.18. The molecule has 1 aromatic carbocycles. The van der Waals surface area contributed by atoms with Crippen LogP contribution in [0.4, 0.5) is 0 Å². The van der Waals surface area contributed by atoms with Gasteiger partial charge in [-0.1, -0.05) is 6.07 Å². The third-order valence-corrected chi connectivity index (χ3v) is 4.04. The number of furan rings is 1. The van der Waals surface area contributed by atoms with Crippen molar-refractivity contribution < 1.29 is 4.42 Å². The smallest absolute Gasteiger partial charge is 0.173 e. The Balaban J connectivity index is 2.51. The lowest BCUT2D eigenvalue weighted by molar-refractivity contribution is 0.582. The Morgan fingerprint density at radius 3 is 3.23 bits per heavy atom. The zero-order valence-corrected chi connectivity index (χ0v) is 9.24. The fourth-order valence-electron chi connectivity index (χ4n) is 1.76. The number of hydrogen-bond acceptors (Lipinski definition) is 2. The van der Waals surface area contributed by atoms with Crippen molar-refractivity contribution in [1.82, 2.24) is 0 Å². The molecule has 0 aliphatic carbocycles. The van der Waals surface area contributed by atoms with E-state index >= 15 is 0 Å². The molecular formula is C10H7BrOS. The summed E-state index contributed by atoms with van der Waals surface area (Å²) < 4.78 is 6.53. The summed E-state index contributed by atoms with van der Waals surface area (Å²) in [5.74, 6) is 1.16. The van der Waals surface area contributed by atoms with Crippen molar-refractivity contribution in [3.05, 3.63) is 28.4 Å². The molecular weight excluding hydrogens is 248 g/mol. The molecule has 0 radical (unpaired) electrons. The molecule has 0 N–H and O–H groups in total. The van der Waals surface area contributed by atoms with Crippen LogP contribution in [0, 0.1) is 0 Å². The minimum Gasteiger partial charge on any atom is -0.449 e. The first kappa shape index (κ1) is 7.94. The predicted octanol–water partition coefficient (Wildman–Crippen LogP) is 3.84. The lowest BCUT2D eigenvalue weighted by Gasteiger charge is -2.09. The summed E-state index contributed by atoms with van der Waals surface area (Å²) in [7, 11) is 0. The van der Waals surface area contributed by atoms with Crippen LogP contribution in [0.2, 0.25) is 0 Å². The summed E-state index contributed by atoms with van der Waals surface area (Å²) >= 11 is 5.38. The maximum atomic E-state index is 5.61. The van der Waals surface area contributed by atoms with Gasteiger partial charge in [0.05, 0.1) is 0 Å². The van der Waals surface area contributed by atoms with E-state index in [1.807, 2.05) is 17.8 Å². The molecule has 0 fully saturated rings. The largest absolute Gasteiger partial charge is 0.449 e. The zero-order valence-electron chi connectivity index (χ0n) is 6.84. The van der Waals surface area contributed by atoms with E-state index in [0.717, 1.165) is 22.4 Å². The summed E-state index contributed by atoms with van der Waals surface area (Å²) in [6.07, 6.45) is 1.11. The minimum absolute atomic E-state index is 0.912. The van der Waals surface area contributed by atoms with Gasteiger partial charge >= 0.3 is 0 Å². The highest BCUT2D eigenvalue weighted by atomic mass is 79.9. The third kappa shape index (κ3) is 1.07. The Labute approximate surface area is 88.6 Å². The molecule has 0 spiro atoms. The van der Waals surface area contributed by atoms with E-state index in [-0.39, 0.29) is 0 Å². The molecule has 13 heavy (non-hydrogen) atoms. The molecule has 0 saturated carbocycles. The highest BCUT2D eigenvalue weighted by Crippen LogP contribution is 2.40. The molecule has 0 bridgehead atoms. The molecule has 1 aliphatic rings. The molecule has 0 saturated heterocycles. The number of hydrogen-bond donors (Lipinski definition) is 0. The van der Waals surface area contributed by atoms with Crippen LogP contribution in [0.5, 0.6) is 0 Å². The van der Waals surface area contributed by atoms with Crippen molar-refractivity contribution in [2.24, 2.45) is 0 Å². The van der Waals surface area contributed by atoms with Crippen LogP contribution in [0.1, 0.15) is 5.56 Å². The van der Waals surface area contributed by atoms with Gasteiger partial charge in [-0.2, -0.15) is 0 Å². The summed E-state index contributed by atoms with van der Waals surface area (Å²) in [6, 6.07) is 6.24. The van der Waals surface area contributed by atoms with E-state index in [1.54, 1.807) is 0 Å². The Bertz CT molecular complexity index is 475. The van der Waals surface area contributed by atoms with Crippen LogP contribution in [-0.4, -0.2) is 5.75 Å². The first-order valence-corrected chi connectivity index (χ1v) is 5.97. The molecule has 66 valence electrons. The molecule has 3 heteroatoms. The second-order valence-corrected chi connectivity index (χ2v) is 4.94. The van der Waals surface area contributed by atoms with E-state index in [1.165, 1.54) is 15.8 Å². The van der Waals surface area contributed by atoms with E-state index in [9.17, 15) is 0 Å². The van der Waals surface area contributed by atoms with Crippen molar-refractivity contribution in [2.45, 2.75) is 11.3 Å². The Kier molecular flexibility index (Phi) is 1.70. The molecule has 1 nitrogen and oxygen atoms in total. The van der Waals surface area contributed by atoms with Gasteiger partial charge in [-0.25, -0.2) is 0 Å².